The number of hydrogen-bond donors (Lipinski definition) is 0. The molecule has 0 radical (unpaired) electrons. The van der Waals surface area contributed by atoms with Crippen LogP contribution in [-0.4, -0.2) is 30.5 Å². The summed E-state index contributed by atoms with van der Waals surface area (Å²) in [5.41, 5.74) is -0.251. The van der Waals surface area contributed by atoms with Gasteiger partial charge in [0.25, 0.3) is 0 Å². The Balaban J connectivity index is 1.72. The summed E-state index contributed by atoms with van der Waals surface area (Å²) in [5.74, 6) is 1.11. The largest absolute Gasteiger partial charge is 0.465 e. The molecular weight excluding hydrogens is 278 g/mol. The van der Waals surface area contributed by atoms with E-state index in [-0.39, 0.29) is 17.7 Å². The van der Waals surface area contributed by atoms with Crippen molar-refractivity contribution in [3.05, 3.63) is 17.6 Å². The summed E-state index contributed by atoms with van der Waals surface area (Å²) >= 11 is 0. The molecule has 1 aromatic rings. The Bertz CT molecular complexity index is 684. The molecule has 2 atom stereocenters. The van der Waals surface area contributed by atoms with Gasteiger partial charge in [0, 0.05) is 24.9 Å². The van der Waals surface area contributed by atoms with Gasteiger partial charge in [-0.15, -0.1) is 0 Å². The monoisotopic (exact) mass is 295 g/mol. The Morgan fingerprint density at radius 1 is 1.25 bits per heavy atom. The van der Waals surface area contributed by atoms with Gasteiger partial charge in [-0.1, -0.05) is 0 Å². The molecule has 20 heavy (non-hydrogen) atoms. The minimum atomic E-state index is -3.47. The molecule has 1 aromatic heterocycles. The van der Waals surface area contributed by atoms with Crippen molar-refractivity contribution in [3.63, 3.8) is 0 Å². The highest BCUT2D eigenvalue weighted by Gasteiger charge is 2.57. The summed E-state index contributed by atoms with van der Waals surface area (Å²) in [4.78, 5) is 0.313. The lowest BCUT2D eigenvalue weighted by Gasteiger charge is -2.35. The standard InChI is InChI=1S/C13H17N3O3S/c1-8-5-12(9(2)19-8)20(17,18)16-10-3-4-11(16)7-13(6-10)14-15-13/h5,10-11H,3-4,6-7H2,1-2H3. The molecule has 7 heteroatoms. The van der Waals surface area contributed by atoms with Crippen LogP contribution in [0.15, 0.2) is 25.6 Å². The topological polar surface area (TPSA) is 75.2 Å². The maximum Gasteiger partial charge on any atom is 0.247 e. The third-order valence-electron chi connectivity index (χ3n) is 4.61. The molecule has 108 valence electrons. The van der Waals surface area contributed by atoms with Gasteiger partial charge in [-0.3, -0.25) is 0 Å². The molecule has 2 fully saturated rings. The van der Waals surface area contributed by atoms with Gasteiger partial charge in [0.1, 0.15) is 16.4 Å². The van der Waals surface area contributed by atoms with Gasteiger partial charge in [-0.25, -0.2) is 8.42 Å². The molecule has 0 amide bonds. The van der Waals surface area contributed by atoms with E-state index in [0.29, 0.717) is 16.4 Å². The number of sulfonamides is 1. The molecule has 3 aliphatic rings. The lowest BCUT2D eigenvalue weighted by Crippen LogP contribution is -2.49. The van der Waals surface area contributed by atoms with Gasteiger partial charge in [0.2, 0.25) is 10.0 Å². The number of piperidine rings is 1. The number of furan rings is 1. The lowest BCUT2D eigenvalue weighted by molar-refractivity contribution is 0.207. The number of fused-ring (bicyclic) bond motifs is 2. The van der Waals surface area contributed by atoms with Crippen LogP contribution in [0.25, 0.3) is 0 Å². The molecule has 0 aliphatic carbocycles. The van der Waals surface area contributed by atoms with Crippen LogP contribution in [0, 0.1) is 13.8 Å². The molecule has 3 aliphatic heterocycles. The SMILES string of the molecule is Cc1cc(S(=O)(=O)N2C3CCC2CC2(C3)N=N2)c(C)o1. The third kappa shape index (κ3) is 1.62. The van der Waals surface area contributed by atoms with E-state index >= 15 is 0 Å². The van der Waals surface area contributed by atoms with Crippen LogP contribution >= 0.6 is 0 Å². The summed E-state index contributed by atoms with van der Waals surface area (Å²) in [6.07, 6.45) is 3.29. The number of hydrogen-bond acceptors (Lipinski definition) is 5. The average molecular weight is 295 g/mol. The molecule has 6 nitrogen and oxygen atoms in total. The van der Waals surface area contributed by atoms with E-state index in [1.807, 2.05) is 0 Å². The normalized spacial score (nSPS) is 31.1. The molecule has 0 aromatic carbocycles. The number of nitrogens with zero attached hydrogens (tertiary/aromatic N) is 3. The molecule has 0 N–H and O–H groups in total. The molecule has 2 bridgehead atoms. The smallest absolute Gasteiger partial charge is 0.247 e. The van der Waals surface area contributed by atoms with Gasteiger partial charge in [-0.05, 0) is 32.8 Å². The number of aryl methyl sites for hydroxylation is 2. The van der Waals surface area contributed by atoms with E-state index in [4.69, 9.17) is 4.42 Å². The fourth-order valence-corrected chi connectivity index (χ4v) is 5.86. The summed E-state index contributed by atoms with van der Waals surface area (Å²) in [6, 6.07) is 1.69. The molecule has 0 saturated carbocycles. The summed E-state index contributed by atoms with van der Waals surface area (Å²) in [7, 11) is -3.47. The second kappa shape index (κ2) is 3.71. The Hall–Kier alpha value is -1.21. The van der Waals surface area contributed by atoms with Gasteiger partial charge < -0.3 is 4.42 Å². The van der Waals surface area contributed by atoms with Crippen molar-refractivity contribution in [1.82, 2.24) is 4.31 Å². The molecule has 2 saturated heterocycles. The van der Waals surface area contributed by atoms with Crippen LogP contribution in [0.2, 0.25) is 0 Å². The van der Waals surface area contributed by atoms with Gasteiger partial charge in [0.05, 0.1) is 0 Å². The van der Waals surface area contributed by atoms with Crippen molar-refractivity contribution < 1.29 is 12.8 Å². The highest BCUT2D eigenvalue weighted by molar-refractivity contribution is 7.89. The lowest BCUT2D eigenvalue weighted by atomic mass is 9.96. The zero-order valence-corrected chi connectivity index (χ0v) is 12.4. The van der Waals surface area contributed by atoms with Gasteiger partial charge >= 0.3 is 0 Å². The minimum Gasteiger partial charge on any atom is -0.465 e. The van der Waals surface area contributed by atoms with Gasteiger partial charge in [-0.2, -0.15) is 14.5 Å². The fraction of sp³-hybridized carbons (Fsp3) is 0.692. The maximum absolute atomic E-state index is 12.9. The van der Waals surface area contributed by atoms with Crippen LogP contribution in [-0.2, 0) is 10.0 Å². The quantitative estimate of drug-likeness (QED) is 0.840. The predicted molar refractivity (Wildman–Crippen MR) is 70.8 cm³/mol. The van der Waals surface area contributed by atoms with E-state index in [9.17, 15) is 8.42 Å². The fourth-order valence-electron chi connectivity index (χ4n) is 3.76. The average Bonchev–Trinajstić information content (AvgIpc) is 2.90. The predicted octanol–water partition coefficient (Wildman–Crippen LogP) is 2.37. The minimum absolute atomic E-state index is 0.0309. The summed E-state index contributed by atoms with van der Waals surface area (Å²) in [5, 5.41) is 8.26. The van der Waals surface area contributed by atoms with E-state index in [0.717, 1.165) is 25.7 Å². The van der Waals surface area contributed by atoms with Gasteiger partial charge in [0.15, 0.2) is 5.66 Å². The van der Waals surface area contributed by atoms with Crippen molar-refractivity contribution in [2.24, 2.45) is 10.2 Å². The second-order valence-electron chi connectivity index (χ2n) is 6.09. The van der Waals surface area contributed by atoms with Crippen molar-refractivity contribution in [3.8, 4) is 0 Å². The summed E-state index contributed by atoms with van der Waals surface area (Å²) < 4.78 is 32.9. The van der Waals surface area contributed by atoms with E-state index < -0.39 is 10.0 Å². The van der Waals surface area contributed by atoms with E-state index in [1.54, 1.807) is 24.2 Å². The Morgan fingerprint density at radius 2 is 1.85 bits per heavy atom. The van der Waals surface area contributed by atoms with Crippen molar-refractivity contribution in [1.29, 1.82) is 0 Å². The second-order valence-corrected chi connectivity index (χ2v) is 7.90. The van der Waals surface area contributed by atoms with E-state index in [1.165, 1.54) is 0 Å². The van der Waals surface area contributed by atoms with Crippen molar-refractivity contribution >= 4 is 10.0 Å². The first-order valence-corrected chi connectivity index (χ1v) is 8.40. The first kappa shape index (κ1) is 12.5. The molecule has 4 rings (SSSR count). The van der Waals surface area contributed by atoms with Crippen molar-refractivity contribution in [2.75, 3.05) is 0 Å². The highest BCUT2D eigenvalue weighted by atomic mass is 32.2. The first-order chi connectivity index (χ1) is 9.41. The highest BCUT2D eigenvalue weighted by Crippen LogP contribution is 2.51. The van der Waals surface area contributed by atoms with Crippen LogP contribution in [0.3, 0.4) is 0 Å². The maximum atomic E-state index is 12.9. The summed E-state index contributed by atoms with van der Waals surface area (Å²) in [6.45, 7) is 3.48. The van der Waals surface area contributed by atoms with Crippen LogP contribution in [0.4, 0.5) is 0 Å². The van der Waals surface area contributed by atoms with Crippen LogP contribution in [0.5, 0.6) is 0 Å². The molecular formula is C13H17N3O3S. The first-order valence-electron chi connectivity index (χ1n) is 6.96. The third-order valence-corrected chi connectivity index (χ3v) is 6.72. The number of rotatable bonds is 2. The molecule has 4 heterocycles. The Morgan fingerprint density at radius 3 is 2.30 bits per heavy atom. The van der Waals surface area contributed by atoms with Crippen molar-refractivity contribution in [2.45, 2.75) is 62.2 Å². The van der Waals surface area contributed by atoms with E-state index in [2.05, 4.69) is 10.2 Å². The molecule has 2 unspecified atom stereocenters. The zero-order chi connectivity index (χ0) is 14.1. The molecule has 1 spiro atoms. The zero-order valence-electron chi connectivity index (χ0n) is 11.5. The van der Waals surface area contributed by atoms with Crippen LogP contribution < -0.4 is 0 Å². The van der Waals surface area contributed by atoms with Crippen LogP contribution in [0.1, 0.15) is 37.2 Å². The Kier molecular flexibility index (Phi) is 2.32. The Labute approximate surface area is 117 Å².